The summed E-state index contributed by atoms with van der Waals surface area (Å²) < 4.78 is 5.35. The molecule has 1 amide bonds. The number of pyridine rings is 1. The van der Waals surface area contributed by atoms with Crippen LogP contribution in [0.25, 0.3) is 0 Å². The van der Waals surface area contributed by atoms with E-state index in [1.807, 2.05) is 20.8 Å². The van der Waals surface area contributed by atoms with Crippen LogP contribution in [0.1, 0.15) is 31.1 Å². The van der Waals surface area contributed by atoms with E-state index in [1.54, 1.807) is 6.07 Å². The average molecular weight is 286 g/mol. The molecule has 2 N–H and O–H groups in total. The van der Waals surface area contributed by atoms with Crippen LogP contribution in [-0.4, -0.2) is 36.7 Å². The first kappa shape index (κ1) is 15.7. The first-order valence-corrected chi connectivity index (χ1v) is 6.75. The van der Waals surface area contributed by atoms with E-state index in [4.69, 9.17) is 16.3 Å². The molecule has 1 heterocycles. The van der Waals surface area contributed by atoms with Gasteiger partial charge in [-0.25, -0.2) is 4.98 Å². The third-order valence-electron chi connectivity index (χ3n) is 2.46. The molecule has 0 saturated carbocycles. The molecule has 0 spiro atoms. The fourth-order valence-electron chi connectivity index (χ4n) is 1.57. The lowest BCUT2D eigenvalue weighted by atomic mass is 10.2. The van der Waals surface area contributed by atoms with Gasteiger partial charge in [-0.1, -0.05) is 11.6 Å². The number of amides is 1. The van der Waals surface area contributed by atoms with Crippen molar-refractivity contribution in [1.82, 2.24) is 10.3 Å². The van der Waals surface area contributed by atoms with Crippen molar-refractivity contribution in [1.29, 1.82) is 0 Å². The summed E-state index contributed by atoms with van der Waals surface area (Å²) >= 11 is 5.99. The summed E-state index contributed by atoms with van der Waals surface area (Å²) in [7, 11) is 0. The standard InChI is InChI=1S/C13H20ClN3O2/c1-4-15-12-6-10(11(14)8-16-12)13(18)17-7-9(3)19-5-2/h6,8-9H,4-5,7H2,1-3H3,(H,15,16)(H,17,18). The number of carbonyl (C=O) groups is 1. The van der Waals surface area contributed by atoms with E-state index in [0.717, 1.165) is 6.54 Å². The maximum absolute atomic E-state index is 12.0. The topological polar surface area (TPSA) is 63.2 Å². The van der Waals surface area contributed by atoms with Gasteiger partial charge in [0.15, 0.2) is 0 Å². The molecule has 0 saturated heterocycles. The molecule has 6 heteroatoms. The predicted octanol–water partition coefficient (Wildman–Crippen LogP) is 2.32. The number of nitrogens with zero attached hydrogens (tertiary/aromatic N) is 1. The Kier molecular flexibility index (Phi) is 6.59. The number of carbonyl (C=O) groups excluding carboxylic acids is 1. The normalized spacial score (nSPS) is 12.0. The second-order valence-corrected chi connectivity index (χ2v) is 4.46. The van der Waals surface area contributed by atoms with Crippen LogP contribution in [-0.2, 0) is 4.74 Å². The van der Waals surface area contributed by atoms with Crippen molar-refractivity contribution in [3.05, 3.63) is 22.8 Å². The number of anilines is 1. The molecule has 1 aromatic rings. The first-order chi connectivity index (χ1) is 9.08. The van der Waals surface area contributed by atoms with Crippen molar-refractivity contribution >= 4 is 23.3 Å². The number of rotatable bonds is 7. The maximum atomic E-state index is 12.0. The largest absolute Gasteiger partial charge is 0.377 e. The third kappa shape index (κ3) is 5.04. The van der Waals surface area contributed by atoms with E-state index in [0.29, 0.717) is 29.6 Å². The van der Waals surface area contributed by atoms with Crippen molar-refractivity contribution in [3.8, 4) is 0 Å². The van der Waals surface area contributed by atoms with E-state index < -0.39 is 0 Å². The van der Waals surface area contributed by atoms with Crippen LogP contribution in [0, 0.1) is 0 Å². The molecule has 1 atom stereocenters. The molecule has 0 bridgehead atoms. The maximum Gasteiger partial charge on any atom is 0.253 e. The van der Waals surface area contributed by atoms with Gasteiger partial charge in [-0.3, -0.25) is 4.79 Å². The summed E-state index contributed by atoms with van der Waals surface area (Å²) in [6, 6.07) is 1.65. The Morgan fingerprint density at radius 3 is 2.89 bits per heavy atom. The molecule has 0 aliphatic carbocycles. The summed E-state index contributed by atoms with van der Waals surface area (Å²) in [5.74, 6) is 0.410. The van der Waals surface area contributed by atoms with Gasteiger partial charge < -0.3 is 15.4 Å². The predicted molar refractivity (Wildman–Crippen MR) is 76.8 cm³/mol. The number of hydrogen-bond acceptors (Lipinski definition) is 4. The van der Waals surface area contributed by atoms with Crippen LogP contribution in [0.4, 0.5) is 5.82 Å². The molecule has 5 nitrogen and oxygen atoms in total. The fraction of sp³-hybridized carbons (Fsp3) is 0.538. The molecule has 0 aliphatic rings. The molecule has 1 unspecified atom stereocenters. The van der Waals surface area contributed by atoms with Crippen LogP contribution >= 0.6 is 11.6 Å². The molecule has 0 radical (unpaired) electrons. The van der Waals surface area contributed by atoms with Gasteiger partial charge in [-0.05, 0) is 26.8 Å². The highest BCUT2D eigenvalue weighted by atomic mass is 35.5. The van der Waals surface area contributed by atoms with Gasteiger partial charge in [0.25, 0.3) is 5.91 Å². The van der Waals surface area contributed by atoms with E-state index in [-0.39, 0.29) is 12.0 Å². The molecular weight excluding hydrogens is 266 g/mol. The summed E-state index contributed by atoms with van der Waals surface area (Å²) in [6.07, 6.45) is 1.45. The van der Waals surface area contributed by atoms with Crippen molar-refractivity contribution < 1.29 is 9.53 Å². The summed E-state index contributed by atoms with van der Waals surface area (Å²) in [4.78, 5) is 16.1. The molecule has 106 valence electrons. The Morgan fingerprint density at radius 2 is 2.26 bits per heavy atom. The Hall–Kier alpha value is -1.33. The van der Waals surface area contributed by atoms with E-state index >= 15 is 0 Å². The number of aromatic nitrogens is 1. The number of halogens is 1. The number of ether oxygens (including phenoxy) is 1. The zero-order valence-electron chi connectivity index (χ0n) is 11.5. The smallest absolute Gasteiger partial charge is 0.253 e. The van der Waals surface area contributed by atoms with Gasteiger partial charge in [-0.2, -0.15) is 0 Å². The number of nitrogens with one attached hydrogen (secondary N) is 2. The Labute approximate surface area is 118 Å². The minimum atomic E-state index is -0.224. The van der Waals surface area contributed by atoms with Gasteiger partial charge in [0, 0.05) is 25.9 Å². The van der Waals surface area contributed by atoms with Gasteiger partial charge in [-0.15, -0.1) is 0 Å². The van der Waals surface area contributed by atoms with Gasteiger partial charge in [0.2, 0.25) is 0 Å². The highest BCUT2D eigenvalue weighted by Crippen LogP contribution is 2.17. The van der Waals surface area contributed by atoms with Crippen LogP contribution in [0.2, 0.25) is 5.02 Å². The second-order valence-electron chi connectivity index (χ2n) is 4.06. The molecule has 0 aromatic carbocycles. The average Bonchev–Trinajstić information content (AvgIpc) is 2.39. The van der Waals surface area contributed by atoms with Gasteiger partial charge in [0.1, 0.15) is 5.82 Å². The lowest BCUT2D eigenvalue weighted by molar-refractivity contribution is 0.0695. The van der Waals surface area contributed by atoms with E-state index in [9.17, 15) is 4.79 Å². The lowest BCUT2D eigenvalue weighted by Gasteiger charge is -2.13. The first-order valence-electron chi connectivity index (χ1n) is 6.37. The SMILES string of the molecule is CCNc1cc(C(=O)NCC(C)OCC)c(Cl)cn1. The summed E-state index contributed by atoms with van der Waals surface area (Å²) in [5, 5.41) is 6.17. The highest BCUT2D eigenvalue weighted by molar-refractivity contribution is 6.33. The second kappa shape index (κ2) is 7.96. The van der Waals surface area contributed by atoms with E-state index in [1.165, 1.54) is 6.20 Å². The Morgan fingerprint density at radius 1 is 1.53 bits per heavy atom. The highest BCUT2D eigenvalue weighted by Gasteiger charge is 2.13. The quantitative estimate of drug-likeness (QED) is 0.807. The summed E-state index contributed by atoms with van der Waals surface area (Å²) in [5.41, 5.74) is 0.413. The zero-order valence-corrected chi connectivity index (χ0v) is 12.3. The molecule has 1 aromatic heterocycles. The van der Waals surface area contributed by atoms with Crippen molar-refractivity contribution in [2.24, 2.45) is 0 Å². The lowest BCUT2D eigenvalue weighted by Crippen LogP contribution is -2.32. The molecular formula is C13H20ClN3O2. The van der Waals surface area contributed by atoms with Gasteiger partial charge >= 0.3 is 0 Å². The number of hydrogen-bond donors (Lipinski definition) is 2. The fourth-order valence-corrected chi connectivity index (χ4v) is 1.75. The van der Waals surface area contributed by atoms with Crippen LogP contribution < -0.4 is 10.6 Å². The van der Waals surface area contributed by atoms with Crippen molar-refractivity contribution in [2.45, 2.75) is 26.9 Å². The molecule has 1 rings (SSSR count). The zero-order chi connectivity index (χ0) is 14.3. The van der Waals surface area contributed by atoms with Crippen molar-refractivity contribution in [2.75, 3.05) is 25.0 Å². The molecule has 0 aliphatic heterocycles. The van der Waals surface area contributed by atoms with Crippen molar-refractivity contribution in [3.63, 3.8) is 0 Å². The Balaban J connectivity index is 2.67. The monoisotopic (exact) mass is 285 g/mol. The van der Waals surface area contributed by atoms with E-state index in [2.05, 4.69) is 15.6 Å². The molecule has 19 heavy (non-hydrogen) atoms. The molecule has 0 fully saturated rings. The summed E-state index contributed by atoms with van der Waals surface area (Å²) in [6.45, 7) is 7.58. The van der Waals surface area contributed by atoms with Crippen LogP contribution in [0.15, 0.2) is 12.3 Å². The minimum Gasteiger partial charge on any atom is -0.377 e. The Bertz CT molecular complexity index is 426. The third-order valence-corrected chi connectivity index (χ3v) is 2.76. The van der Waals surface area contributed by atoms with Gasteiger partial charge in [0.05, 0.1) is 16.7 Å². The van der Waals surface area contributed by atoms with Crippen LogP contribution in [0.3, 0.4) is 0 Å². The van der Waals surface area contributed by atoms with Crippen LogP contribution in [0.5, 0.6) is 0 Å². The minimum absolute atomic E-state index is 0.0252.